The van der Waals surface area contributed by atoms with Crippen LogP contribution in [0.5, 0.6) is 11.5 Å². The molecule has 9 nitrogen and oxygen atoms in total. The fraction of sp³-hybridized carbons (Fsp3) is 0.444. The van der Waals surface area contributed by atoms with Gasteiger partial charge in [-0.1, -0.05) is 13.8 Å². The van der Waals surface area contributed by atoms with Gasteiger partial charge in [0.25, 0.3) is 5.56 Å². The maximum atomic E-state index is 13.6. The number of carbonyl (C=O) groups excluding carboxylic acids is 1. The first kappa shape index (κ1) is 23.0. The molecule has 3 aromatic rings. The van der Waals surface area contributed by atoms with Gasteiger partial charge in [-0.15, -0.1) is 0 Å². The number of hydrogen-bond acceptors (Lipinski definition) is 8. The highest BCUT2D eigenvalue weighted by atomic mass is 16.6. The molecule has 188 valence electrons. The lowest BCUT2D eigenvalue weighted by Crippen LogP contribution is -2.44. The topological polar surface area (TPSA) is 112 Å². The summed E-state index contributed by atoms with van der Waals surface area (Å²) in [5.74, 6) is 0.628. The maximum absolute atomic E-state index is 13.6. The summed E-state index contributed by atoms with van der Waals surface area (Å²) in [5, 5.41) is 15.6. The summed E-state index contributed by atoms with van der Waals surface area (Å²) < 4.78 is 18.5. The fourth-order valence-electron chi connectivity index (χ4n) is 5.50. The van der Waals surface area contributed by atoms with E-state index >= 15 is 0 Å². The lowest BCUT2D eigenvalue weighted by Gasteiger charge is -2.31. The van der Waals surface area contributed by atoms with Crippen molar-refractivity contribution in [3.05, 3.63) is 50.8 Å². The van der Waals surface area contributed by atoms with Gasteiger partial charge >= 0.3 is 5.97 Å². The third-order valence-electron chi connectivity index (χ3n) is 7.45. The van der Waals surface area contributed by atoms with Crippen molar-refractivity contribution in [3.63, 3.8) is 0 Å². The van der Waals surface area contributed by atoms with E-state index in [1.54, 1.807) is 17.6 Å². The maximum Gasteiger partial charge on any atom is 0.343 e. The van der Waals surface area contributed by atoms with Crippen molar-refractivity contribution in [2.24, 2.45) is 0 Å². The molecule has 2 N–H and O–H groups in total. The molecule has 0 spiro atoms. The third-order valence-corrected chi connectivity index (χ3v) is 7.45. The van der Waals surface area contributed by atoms with E-state index in [0.717, 1.165) is 48.0 Å². The van der Waals surface area contributed by atoms with Gasteiger partial charge in [0, 0.05) is 22.6 Å². The average Bonchev–Trinajstić information content (AvgIpc) is 3.26. The Morgan fingerprint density at radius 3 is 2.58 bits per heavy atom. The molecule has 0 amide bonds. The summed E-state index contributed by atoms with van der Waals surface area (Å²) in [6.45, 7) is 6.75. The average molecular weight is 492 g/mol. The number of fused-ring (bicyclic) bond motifs is 6. The minimum absolute atomic E-state index is 0.109. The van der Waals surface area contributed by atoms with E-state index in [1.807, 2.05) is 12.1 Å². The number of nitrogens with one attached hydrogen (secondary N) is 1. The number of aliphatic hydroxyl groups is 1. The molecule has 3 aliphatic heterocycles. The largest absolute Gasteiger partial charge is 0.486 e. The Labute approximate surface area is 208 Å². The van der Waals surface area contributed by atoms with E-state index in [2.05, 4.69) is 12.2 Å². The van der Waals surface area contributed by atoms with Gasteiger partial charge in [0.1, 0.15) is 19.8 Å². The van der Waals surface area contributed by atoms with Crippen molar-refractivity contribution in [1.29, 1.82) is 0 Å². The van der Waals surface area contributed by atoms with Gasteiger partial charge in [-0.25, -0.2) is 9.78 Å². The number of pyridine rings is 2. The highest BCUT2D eigenvalue weighted by molar-refractivity contribution is 5.91. The van der Waals surface area contributed by atoms with E-state index in [-0.39, 0.29) is 18.6 Å². The van der Waals surface area contributed by atoms with E-state index in [9.17, 15) is 14.7 Å². The van der Waals surface area contributed by atoms with Gasteiger partial charge in [0.15, 0.2) is 17.1 Å². The van der Waals surface area contributed by atoms with Crippen LogP contribution in [-0.2, 0) is 34.7 Å². The Hall–Kier alpha value is -3.43. The second-order valence-corrected chi connectivity index (χ2v) is 9.53. The van der Waals surface area contributed by atoms with Crippen LogP contribution in [0.15, 0.2) is 23.0 Å². The number of benzene rings is 1. The lowest BCUT2D eigenvalue weighted by atomic mass is 9.86. The SMILES string of the molecule is CCCNCCc1c2c(nc3cc4c(cc13)OCCO4)-c1cc3c(c(=O)n1C2)COC(=O)[C@]3(O)CC. The molecule has 36 heavy (non-hydrogen) atoms. The minimum Gasteiger partial charge on any atom is -0.486 e. The zero-order valence-electron chi connectivity index (χ0n) is 20.5. The minimum atomic E-state index is -1.85. The zero-order chi connectivity index (χ0) is 25.0. The van der Waals surface area contributed by atoms with Gasteiger partial charge in [0.2, 0.25) is 0 Å². The zero-order valence-corrected chi connectivity index (χ0v) is 20.5. The third kappa shape index (κ3) is 3.33. The van der Waals surface area contributed by atoms with Crippen LogP contribution in [0.3, 0.4) is 0 Å². The molecule has 0 radical (unpaired) electrons. The Morgan fingerprint density at radius 2 is 1.83 bits per heavy atom. The standard InChI is InChI=1S/C27H29N3O6/c1-3-6-28-7-5-15-16-10-22-23(35-9-8-34-22)12-20(16)29-24-17(15)13-30-21(24)11-19-18(25(30)31)14-36-26(32)27(19,33)4-2/h10-12,28,33H,3-9,13-14H2,1-2H3/t27-/m0/s1. The predicted molar refractivity (Wildman–Crippen MR) is 132 cm³/mol. The summed E-state index contributed by atoms with van der Waals surface area (Å²) in [6, 6.07) is 5.64. The first-order valence-electron chi connectivity index (χ1n) is 12.6. The molecule has 3 aliphatic rings. The van der Waals surface area contributed by atoms with Gasteiger partial charge in [-0.2, -0.15) is 0 Å². The normalized spacial score (nSPS) is 19.6. The first-order valence-corrected chi connectivity index (χ1v) is 12.6. The number of ether oxygens (including phenoxy) is 3. The van der Waals surface area contributed by atoms with Crippen molar-refractivity contribution in [3.8, 4) is 22.9 Å². The summed E-state index contributed by atoms with van der Waals surface area (Å²) in [5.41, 5.74) is 2.68. The smallest absolute Gasteiger partial charge is 0.343 e. The molecule has 0 fully saturated rings. The number of rotatable bonds is 6. The molecule has 6 rings (SSSR count). The van der Waals surface area contributed by atoms with Crippen molar-refractivity contribution >= 4 is 16.9 Å². The van der Waals surface area contributed by atoms with E-state index < -0.39 is 11.6 Å². The van der Waals surface area contributed by atoms with Gasteiger partial charge in [-0.3, -0.25) is 4.79 Å². The molecule has 1 atom stereocenters. The van der Waals surface area contributed by atoms with Gasteiger partial charge in [0.05, 0.1) is 29.0 Å². The summed E-state index contributed by atoms with van der Waals surface area (Å²) in [4.78, 5) is 31.0. The Morgan fingerprint density at radius 1 is 1.06 bits per heavy atom. The number of aromatic nitrogens is 2. The monoisotopic (exact) mass is 491 g/mol. The fourth-order valence-corrected chi connectivity index (χ4v) is 5.50. The Kier molecular flexibility index (Phi) is 5.49. The Balaban J connectivity index is 1.57. The quantitative estimate of drug-likeness (QED) is 0.312. The molecule has 0 unspecified atom stereocenters. The summed E-state index contributed by atoms with van der Waals surface area (Å²) >= 11 is 0. The van der Waals surface area contributed by atoms with Crippen LogP contribution in [0, 0.1) is 0 Å². The molecule has 9 heteroatoms. The second-order valence-electron chi connectivity index (χ2n) is 9.53. The van der Waals surface area contributed by atoms with Crippen molar-refractivity contribution < 1.29 is 24.1 Å². The van der Waals surface area contributed by atoms with Crippen LogP contribution in [0.1, 0.15) is 48.9 Å². The molecule has 0 saturated heterocycles. The van der Waals surface area contributed by atoms with Crippen LogP contribution in [0.25, 0.3) is 22.3 Å². The van der Waals surface area contributed by atoms with Crippen LogP contribution in [-0.4, -0.2) is 46.9 Å². The van der Waals surface area contributed by atoms with E-state index in [1.165, 1.54) is 0 Å². The molecule has 0 bridgehead atoms. The van der Waals surface area contributed by atoms with Gasteiger partial charge in [-0.05, 0) is 50.0 Å². The van der Waals surface area contributed by atoms with E-state index in [0.29, 0.717) is 53.8 Å². The van der Waals surface area contributed by atoms with Crippen LogP contribution in [0.4, 0.5) is 0 Å². The van der Waals surface area contributed by atoms with Gasteiger partial charge < -0.3 is 29.2 Å². The molecule has 0 aliphatic carbocycles. The molecular formula is C27H29N3O6. The predicted octanol–water partition coefficient (Wildman–Crippen LogP) is 2.39. The lowest BCUT2D eigenvalue weighted by molar-refractivity contribution is -0.172. The second kappa shape index (κ2) is 8.60. The summed E-state index contributed by atoms with van der Waals surface area (Å²) in [6.07, 6.45) is 1.91. The highest BCUT2D eigenvalue weighted by Crippen LogP contribution is 2.42. The van der Waals surface area contributed by atoms with Crippen molar-refractivity contribution in [2.75, 3.05) is 26.3 Å². The van der Waals surface area contributed by atoms with Crippen molar-refractivity contribution in [1.82, 2.24) is 14.9 Å². The first-order chi connectivity index (χ1) is 17.5. The number of esters is 1. The molecule has 0 saturated carbocycles. The van der Waals surface area contributed by atoms with E-state index in [4.69, 9.17) is 19.2 Å². The molecule has 2 aromatic heterocycles. The highest BCUT2D eigenvalue weighted by Gasteiger charge is 2.45. The number of nitrogens with zero attached hydrogens (tertiary/aromatic N) is 2. The molecule has 5 heterocycles. The van der Waals surface area contributed by atoms with Crippen LogP contribution < -0.4 is 20.3 Å². The van der Waals surface area contributed by atoms with Crippen LogP contribution >= 0.6 is 0 Å². The number of cyclic esters (lactones) is 1. The summed E-state index contributed by atoms with van der Waals surface area (Å²) in [7, 11) is 0. The van der Waals surface area contributed by atoms with Crippen LogP contribution in [0.2, 0.25) is 0 Å². The number of carbonyl (C=O) groups is 1. The Bertz CT molecular complexity index is 1460. The number of hydrogen-bond donors (Lipinski definition) is 2. The molecular weight excluding hydrogens is 462 g/mol. The van der Waals surface area contributed by atoms with Crippen molar-refractivity contribution in [2.45, 2.75) is 51.9 Å². The molecule has 1 aromatic carbocycles.